The highest BCUT2D eigenvalue weighted by Crippen LogP contribution is 2.34. The third-order valence-corrected chi connectivity index (χ3v) is 4.68. The van der Waals surface area contributed by atoms with Crippen molar-refractivity contribution in [3.8, 4) is 23.8 Å². The van der Waals surface area contributed by atoms with Crippen molar-refractivity contribution in [3.63, 3.8) is 0 Å². The molecule has 0 fully saturated rings. The number of carbonyl (C=O) groups is 1. The summed E-state index contributed by atoms with van der Waals surface area (Å²) < 4.78 is 0. The van der Waals surface area contributed by atoms with Crippen LogP contribution in [0.1, 0.15) is 23.4 Å². The zero-order valence-corrected chi connectivity index (χ0v) is 15.8. The molecule has 7 heteroatoms. The molecule has 2 unspecified atom stereocenters. The molecule has 134 valence electrons. The topological polar surface area (TPSA) is 106 Å². The van der Waals surface area contributed by atoms with Crippen LogP contribution in [0.4, 0.5) is 0 Å². The molecule has 0 bridgehead atoms. The molecule has 26 heavy (non-hydrogen) atoms. The minimum atomic E-state index is -0.317. The molecule has 2 rings (SSSR count). The van der Waals surface area contributed by atoms with Crippen LogP contribution in [0.15, 0.2) is 40.7 Å². The van der Waals surface area contributed by atoms with Crippen molar-refractivity contribution in [1.82, 2.24) is 4.90 Å². The fourth-order valence-corrected chi connectivity index (χ4v) is 3.27. The lowest BCUT2D eigenvalue weighted by Crippen LogP contribution is -2.31. The Morgan fingerprint density at radius 1 is 1.35 bits per heavy atom. The van der Waals surface area contributed by atoms with Crippen LogP contribution in [0.3, 0.4) is 0 Å². The zero-order chi connectivity index (χ0) is 19.7. The largest absolute Gasteiger partial charge is 0.370 e. The van der Waals surface area contributed by atoms with Gasteiger partial charge < -0.3 is 15.4 Å². The molecule has 0 aliphatic heterocycles. The zero-order valence-electron chi connectivity index (χ0n) is 15.0. The number of nitrogens with two attached hydrogens (primary N) is 1. The predicted molar refractivity (Wildman–Crippen MR) is 104 cm³/mol. The van der Waals surface area contributed by atoms with Gasteiger partial charge in [-0.2, -0.15) is 5.26 Å². The van der Waals surface area contributed by atoms with E-state index in [0.29, 0.717) is 11.5 Å². The molecule has 2 aromatic rings. The first kappa shape index (κ1) is 20.9. The summed E-state index contributed by atoms with van der Waals surface area (Å²) in [6.45, 7) is 5.33. The Hall–Kier alpha value is -3.16. The molecule has 1 aromatic heterocycles. The summed E-state index contributed by atoms with van der Waals surface area (Å²) in [5, 5.41) is 17.5. The lowest BCUT2D eigenvalue weighted by atomic mass is 10.0. The molecule has 1 aromatic carbocycles. The molecule has 0 radical (unpaired) electrons. The van der Waals surface area contributed by atoms with E-state index >= 15 is 0 Å². The third kappa shape index (κ3) is 5.17. The van der Waals surface area contributed by atoms with E-state index in [1.807, 2.05) is 50.7 Å². The highest BCUT2D eigenvalue weighted by molar-refractivity contribution is 7.10. The first-order chi connectivity index (χ1) is 12.5. The molecular formula is C19H21N5OS. The van der Waals surface area contributed by atoms with Crippen LogP contribution in [0.2, 0.25) is 0 Å². The highest BCUT2D eigenvalue weighted by Gasteiger charge is 2.21. The number of thiophene rings is 1. The number of aldehydes is 1. The number of benzene rings is 1. The van der Waals surface area contributed by atoms with Crippen LogP contribution >= 0.6 is 11.3 Å². The van der Waals surface area contributed by atoms with Crippen LogP contribution in [0.25, 0.3) is 11.1 Å². The van der Waals surface area contributed by atoms with E-state index in [4.69, 9.17) is 16.3 Å². The predicted octanol–water partition coefficient (Wildman–Crippen LogP) is 3.18. The van der Waals surface area contributed by atoms with Crippen LogP contribution in [-0.4, -0.2) is 31.2 Å². The summed E-state index contributed by atoms with van der Waals surface area (Å²) >= 11 is 1.54. The van der Waals surface area contributed by atoms with Crippen LogP contribution < -0.4 is 5.73 Å². The molecule has 0 aliphatic carbocycles. The van der Waals surface area contributed by atoms with Crippen molar-refractivity contribution in [2.24, 2.45) is 16.6 Å². The van der Waals surface area contributed by atoms with Gasteiger partial charge in [-0.15, -0.1) is 11.3 Å². The van der Waals surface area contributed by atoms with Gasteiger partial charge in [-0.3, -0.25) is 0 Å². The van der Waals surface area contributed by atoms with Gasteiger partial charge in [0.1, 0.15) is 6.29 Å². The number of aliphatic imine (C=N–C) groups is 1. The Kier molecular flexibility index (Phi) is 8.01. The van der Waals surface area contributed by atoms with E-state index < -0.39 is 0 Å². The fraction of sp³-hybridized carbons (Fsp3) is 0.263. The van der Waals surface area contributed by atoms with Crippen molar-refractivity contribution in [1.29, 1.82) is 10.5 Å². The number of carbonyl (C=O) groups excluding carboxylic acids is 1. The van der Waals surface area contributed by atoms with Crippen molar-refractivity contribution in [2.45, 2.75) is 13.0 Å². The number of nitrogens with zero attached hydrogens (tertiary/aromatic N) is 4. The molecule has 0 amide bonds. The van der Waals surface area contributed by atoms with Crippen molar-refractivity contribution >= 4 is 23.6 Å². The summed E-state index contributed by atoms with van der Waals surface area (Å²) in [6, 6.07) is 11.3. The van der Waals surface area contributed by atoms with Gasteiger partial charge in [-0.25, -0.2) is 10.3 Å². The third-order valence-electron chi connectivity index (χ3n) is 3.68. The second kappa shape index (κ2) is 9.97. The monoisotopic (exact) mass is 367 g/mol. The molecule has 0 saturated heterocycles. The van der Waals surface area contributed by atoms with E-state index in [0.717, 1.165) is 22.3 Å². The maximum Gasteiger partial charge on any atom is 0.191 e. The summed E-state index contributed by atoms with van der Waals surface area (Å²) in [6.07, 6.45) is 0.896. The number of guanidine groups is 1. The van der Waals surface area contributed by atoms with E-state index in [1.165, 1.54) is 0 Å². The summed E-state index contributed by atoms with van der Waals surface area (Å²) in [4.78, 5) is 18.5. The second-order valence-electron chi connectivity index (χ2n) is 5.75. The van der Waals surface area contributed by atoms with Crippen molar-refractivity contribution in [3.05, 3.63) is 46.2 Å². The Morgan fingerprint density at radius 3 is 2.62 bits per heavy atom. The SMILES string of the molecule is C#N.CC(C=O)C(N=C(N)N(C)C)c1cc(-c2cccc(C#N)c2)cs1. The number of hydrogen-bond acceptors (Lipinski definition) is 5. The van der Waals surface area contributed by atoms with Crippen molar-refractivity contribution < 1.29 is 4.79 Å². The smallest absolute Gasteiger partial charge is 0.191 e. The molecule has 6 nitrogen and oxygen atoms in total. The second-order valence-corrected chi connectivity index (χ2v) is 6.69. The van der Waals surface area contributed by atoms with Crippen LogP contribution in [-0.2, 0) is 4.79 Å². The minimum absolute atomic E-state index is 0.277. The average molecular weight is 367 g/mol. The number of hydrogen-bond donors (Lipinski definition) is 1. The normalized spacial score (nSPS) is 12.8. The lowest BCUT2D eigenvalue weighted by Gasteiger charge is -2.18. The number of rotatable bonds is 5. The Labute approximate surface area is 157 Å². The molecule has 1 heterocycles. The molecule has 2 atom stereocenters. The van der Waals surface area contributed by atoms with Gasteiger partial charge in [0.2, 0.25) is 0 Å². The van der Waals surface area contributed by atoms with Crippen LogP contribution in [0.5, 0.6) is 0 Å². The van der Waals surface area contributed by atoms with Gasteiger partial charge in [0.05, 0.1) is 17.7 Å². The molecule has 0 saturated carbocycles. The van der Waals surface area contributed by atoms with E-state index in [2.05, 4.69) is 17.6 Å². The van der Waals surface area contributed by atoms with E-state index in [-0.39, 0.29) is 12.0 Å². The quantitative estimate of drug-likeness (QED) is 0.496. The molecule has 2 N–H and O–H groups in total. The van der Waals surface area contributed by atoms with Gasteiger partial charge in [0.15, 0.2) is 5.96 Å². The first-order valence-corrected chi connectivity index (χ1v) is 8.65. The minimum Gasteiger partial charge on any atom is -0.370 e. The lowest BCUT2D eigenvalue weighted by molar-refractivity contribution is -0.111. The van der Waals surface area contributed by atoms with Crippen LogP contribution in [0, 0.1) is 29.1 Å². The highest BCUT2D eigenvalue weighted by atomic mass is 32.1. The number of nitriles is 2. The van der Waals surface area contributed by atoms with Gasteiger partial charge in [-0.1, -0.05) is 19.1 Å². The Morgan fingerprint density at radius 2 is 2.04 bits per heavy atom. The fourth-order valence-electron chi connectivity index (χ4n) is 2.20. The maximum atomic E-state index is 11.3. The van der Waals surface area contributed by atoms with Gasteiger partial charge in [0, 0.05) is 31.5 Å². The average Bonchev–Trinajstić information content (AvgIpc) is 3.16. The summed E-state index contributed by atoms with van der Waals surface area (Å²) in [7, 11) is 3.63. The molecule has 0 aliphatic rings. The Bertz CT molecular complexity index is 832. The van der Waals surface area contributed by atoms with Gasteiger partial charge >= 0.3 is 0 Å². The first-order valence-electron chi connectivity index (χ1n) is 7.77. The van der Waals surface area contributed by atoms with Crippen molar-refractivity contribution in [2.75, 3.05) is 14.1 Å². The van der Waals surface area contributed by atoms with Gasteiger partial charge in [-0.05, 0) is 34.7 Å². The summed E-state index contributed by atoms with van der Waals surface area (Å²) in [5.74, 6) is 0.107. The standard InChI is InChI=1S/C18H20N4OS.CHN/c1-12(10-23)17(21-18(20)22(2)3)16-8-15(11-24-16)14-6-4-5-13(7-14)9-19;1-2/h4-8,10-12,17H,1-3H3,(H2,20,21);1H. The maximum absolute atomic E-state index is 11.3. The van der Waals surface area contributed by atoms with E-state index in [1.54, 1.807) is 22.3 Å². The van der Waals surface area contributed by atoms with E-state index in [9.17, 15) is 4.79 Å². The Balaban J connectivity index is 0.00000163. The molecule has 0 spiro atoms. The van der Waals surface area contributed by atoms with Gasteiger partial charge in [0.25, 0.3) is 0 Å². The summed E-state index contributed by atoms with van der Waals surface area (Å²) in [5.41, 5.74) is 8.53. The molecular weight excluding hydrogens is 346 g/mol.